The van der Waals surface area contributed by atoms with Crippen LogP contribution in [0.15, 0.2) is 188 Å². The van der Waals surface area contributed by atoms with Crippen LogP contribution in [0.1, 0.15) is 36.1 Å². The number of sulfone groups is 1. The lowest BCUT2D eigenvalue weighted by Gasteiger charge is -2.09. The summed E-state index contributed by atoms with van der Waals surface area (Å²) < 4.78 is 121. The van der Waals surface area contributed by atoms with Gasteiger partial charge in [0.05, 0.1) is 37.2 Å². The molecule has 0 saturated heterocycles. The molecule has 3 heterocycles. The van der Waals surface area contributed by atoms with E-state index in [1.54, 1.807) is 55.5 Å². The van der Waals surface area contributed by atoms with Crippen molar-refractivity contribution in [3.05, 3.63) is 187 Å². The normalized spacial score (nSPS) is 11.8. The minimum atomic E-state index is -4.61. The summed E-state index contributed by atoms with van der Waals surface area (Å²) in [6.45, 7) is 7.16. The molecule has 0 bridgehead atoms. The molecule has 0 radical (unpaired) electrons. The Morgan fingerprint density at radius 1 is 0.554 bits per heavy atom. The van der Waals surface area contributed by atoms with Crippen LogP contribution in [0.4, 0.5) is 13.2 Å². The molecule has 0 fully saturated rings. The van der Waals surface area contributed by atoms with Crippen LogP contribution in [0.25, 0.3) is 61.7 Å². The molecular weight excluding hydrogens is 1020 g/mol. The van der Waals surface area contributed by atoms with E-state index in [1.165, 1.54) is 48.5 Å². The van der Waals surface area contributed by atoms with E-state index in [4.69, 9.17) is 19.3 Å². The number of Topliss-reactive ketones (excluding diaryl/α,β-unsaturated/α-hetero) is 1. The Labute approximate surface area is 425 Å². The first-order valence-corrected chi connectivity index (χ1v) is 27.1. The highest BCUT2D eigenvalue weighted by Crippen LogP contribution is 2.37. The van der Waals surface area contributed by atoms with Gasteiger partial charge in [-0.1, -0.05) is 132 Å². The lowest BCUT2D eigenvalue weighted by Crippen LogP contribution is -2.15. The van der Waals surface area contributed by atoms with Gasteiger partial charge in [0.1, 0.15) is 34.4 Å². The van der Waals surface area contributed by atoms with Crippen molar-refractivity contribution in [3.63, 3.8) is 0 Å². The van der Waals surface area contributed by atoms with Crippen LogP contribution >= 0.6 is 0 Å². The molecule has 0 aliphatic carbocycles. The molecular formula is C53H47F3N6O9S3. The molecule has 21 heteroatoms. The number of hydrogen-bond donors (Lipinski definition) is 2. The van der Waals surface area contributed by atoms with Crippen molar-refractivity contribution in [2.75, 3.05) is 5.75 Å². The molecule has 0 saturated carbocycles. The smallest absolute Gasteiger partial charge is 0.360 e. The van der Waals surface area contributed by atoms with E-state index in [-0.39, 0.29) is 38.3 Å². The van der Waals surface area contributed by atoms with Crippen molar-refractivity contribution in [2.24, 2.45) is 10.3 Å². The Morgan fingerprint density at radius 3 is 1.36 bits per heavy atom. The molecule has 6 aromatic carbocycles. The number of halogens is 3. The van der Waals surface area contributed by atoms with Crippen LogP contribution in [-0.4, -0.2) is 56.9 Å². The fraction of sp³-hybridized carbons (Fsp3) is 0.132. The number of aryl methyl sites for hydroxylation is 3. The van der Waals surface area contributed by atoms with Crippen LogP contribution < -0.4 is 10.3 Å². The summed E-state index contributed by atoms with van der Waals surface area (Å²) in [6.07, 6.45) is -4.40. The highest BCUT2D eigenvalue weighted by molar-refractivity contribution is 7.92. The number of carbonyl (C=O) groups is 1. The van der Waals surface area contributed by atoms with E-state index >= 15 is 0 Å². The van der Waals surface area contributed by atoms with Gasteiger partial charge >= 0.3 is 6.18 Å². The number of rotatable bonds is 12. The molecule has 0 amide bonds. The van der Waals surface area contributed by atoms with Crippen molar-refractivity contribution in [2.45, 2.75) is 55.0 Å². The molecule has 9 aromatic rings. The summed E-state index contributed by atoms with van der Waals surface area (Å²) in [6, 6.07) is 45.2. The first-order valence-electron chi connectivity index (χ1n) is 22.3. The van der Waals surface area contributed by atoms with Crippen LogP contribution in [0.5, 0.6) is 0 Å². The Kier molecular flexibility index (Phi) is 16.1. The lowest BCUT2D eigenvalue weighted by atomic mass is 10.00. The van der Waals surface area contributed by atoms with Gasteiger partial charge in [0.2, 0.25) is 20.0 Å². The number of carbonyl (C=O) groups excluding carboxylic acids is 1. The quantitative estimate of drug-likeness (QED) is 0.116. The Balaban J connectivity index is 0.000000163. The average Bonchev–Trinajstić information content (AvgIpc) is 4.12. The topological polar surface area (TPSA) is 241 Å². The van der Waals surface area contributed by atoms with Gasteiger partial charge in [-0.05, 0) is 86.5 Å². The molecule has 0 aliphatic heterocycles. The van der Waals surface area contributed by atoms with Gasteiger partial charge in [-0.3, -0.25) is 4.79 Å². The van der Waals surface area contributed by atoms with Crippen LogP contribution in [0, 0.1) is 20.8 Å². The molecule has 0 aliphatic rings. The summed E-state index contributed by atoms with van der Waals surface area (Å²) in [5.41, 5.74) is 7.58. The van der Waals surface area contributed by atoms with Crippen LogP contribution in [-0.2, 0) is 40.9 Å². The van der Waals surface area contributed by atoms with Crippen molar-refractivity contribution >= 4 is 35.7 Å². The van der Waals surface area contributed by atoms with E-state index in [0.717, 1.165) is 55.4 Å². The first-order chi connectivity index (χ1) is 34.9. The minimum absolute atomic E-state index is 0.0756. The number of aromatic nitrogens is 4. The summed E-state index contributed by atoms with van der Waals surface area (Å²) in [4.78, 5) is 11.6. The molecule has 0 spiro atoms. The molecule has 382 valence electrons. The fourth-order valence-corrected chi connectivity index (χ4v) is 9.85. The molecule has 74 heavy (non-hydrogen) atoms. The van der Waals surface area contributed by atoms with E-state index < -0.39 is 47.5 Å². The molecule has 0 unspecified atom stereocenters. The predicted molar refractivity (Wildman–Crippen MR) is 273 cm³/mol. The second-order valence-electron chi connectivity index (χ2n) is 16.6. The lowest BCUT2D eigenvalue weighted by molar-refractivity contribution is -0.141. The second-order valence-corrected chi connectivity index (χ2v) is 21.7. The highest BCUT2D eigenvalue weighted by atomic mass is 32.2. The Hall–Kier alpha value is -7.82. The minimum Gasteiger partial charge on any atom is -0.360 e. The molecule has 4 N–H and O–H groups in total. The summed E-state index contributed by atoms with van der Waals surface area (Å²) in [5.74, 6) is 0.558. The first kappa shape index (κ1) is 54.0. The largest absolute Gasteiger partial charge is 0.435 e. The van der Waals surface area contributed by atoms with E-state index in [0.29, 0.717) is 22.8 Å². The molecule has 3 aromatic heterocycles. The van der Waals surface area contributed by atoms with E-state index in [1.807, 2.05) is 81.4 Å². The number of alkyl halides is 3. The maximum absolute atomic E-state index is 13.1. The highest BCUT2D eigenvalue weighted by Gasteiger charge is 2.35. The molecule has 9 rings (SSSR count). The van der Waals surface area contributed by atoms with Gasteiger partial charge in [0.25, 0.3) is 0 Å². The van der Waals surface area contributed by atoms with Gasteiger partial charge in [0, 0.05) is 23.1 Å². The van der Waals surface area contributed by atoms with Crippen molar-refractivity contribution in [1.29, 1.82) is 0 Å². The second kappa shape index (κ2) is 22.1. The summed E-state index contributed by atoms with van der Waals surface area (Å²) in [7, 11) is -11.2. The standard InChI is InChI=1S/C20H19NO4S.C17H14F3N3O2S.C16H14N2O3S/c1-3-17(22)13-26(23,24)18-11-9-15(10-12-18)19-14(2)25-21-20(19)16-7-5-4-6-8-16;1-11-2-4-12(5-3-11)15-10-16(17(18,19)20)22-23(15)13-6-8-14(9-7-13)26(21,24)25;1-11-15(12-7-9-14(10-8-12)22(17,19)20)16(18-21-11)13-5-3-2-4-6-13/h4-12H,3,13H2,1-2H3;2-10H,1H3,(H2,21,24,25);2-10H,1H3,(H2,17,19,20). The fourth-order valence-electron chi connectivity index (χ4n) is 7.47. The summed E-state index contributed by atoms with van der Waals surface area (Å²) in [5, 5.41) is 22.1. The van der Waals surface area contributed by atoms with Gasteiger partial charge in [0.15, 0.2) is 15.5 Å². The number of primary sulfonamides is 2. The van der Waals surface area contributed by atoms with E-state index in [2.05, 4.69) is 15.4 Å². The van der Waals surface area contributed by atoms with Gasteiger partial charge in [-0.25, -0.2) is 40.2 Å². The number of sulfonamides is 2. The Morgan fingerprint density at radius 2 is 0.959 bits per heavy atom. The van der Waals surface area contributed by atoms with Crippen molar-refractivity contribution < 1.29 is 52.3 Å². The zero-order chi connectivity index (χ0) is 53.6. The zero-order valence-electron chi connectivity index (χ0n) is 40.0. The SMILES string of the molecule is CCC(=O)CS(=O)(=O)c1ccc(-c2c(-c3ccccc3)noc2C)cc1.Cc1ccc(-c2cc(C(F)(F)F)nn2-c2ccc(S(N)(=O)=O)cc2)cc1.Cc1onc(-c2ccccc2)c1-c1ccc(S(N)(=O)=O)cc1. The maximum Gasteiger partial charge on any atom is 0.435 e. The number of nitrogens with two attached hydrogens (primary N) is 2. The Bertz CT molecular complexity index is 3750. The van der Waals surface area contributed by atoms with Crippen LogP contribution in [0.3, 0.4) is 0 Å². The predicted octanol–water partition coefficient (Wildman–Crippen LogP) is 10.5. The third-order valence-electron chi connectivity index (χ3n) is 11.3. The van der Waals surface area contributed by atoms with E-state index in [9.17, 15) is 43.2 Å². The third-order valence-corrected chi connectivity index (χ3v) is 14.8. The van der Waals surface area contributed by atoms with Crippen molar-refractivity contribution in [1.82, 2.24) is 20.1 Å². The average molecular weight is 1070 g/mol. The number of nitrogens with zero attached hydrogens (tertiary/aromatic N) is 4. The van der Waals surface area contributed by atoms with Gasteiger partial charge in [-0.2, -0.15) is 18.3 Å². The molecule has 0 atom stereocenters. The van der Waals surface area contributed by atoms with Gasteiger partial charge in [-0.15, -0.1) is 0 Å². The molecule has 15 nitrogen and oxygen atoms in total. The maximum atomic E-state index is 13.1. The third kappa shape index (κ3) is 12.9. The van der Waals surface area contributed by atoms with Crippen LogP contribution in [0.2, 0.25) is 0 Å². The number of hydrogen-bond acceptors (Lipinski definition) is 12. The monoisotopic (exact) mass is 1060 g/mol. The zero-order valence-corrected chi connectivity index (χ0v) is 42.4. The number of benzene rings is 6. The summed E-state index contributed by atoms with van der Waals surface area (Å²) >= 11 is 0. The van der Waals surface area contributed by atoms with Gasteiger partial charge < -0.3 is 9.05 Å². The van der Waals surface area contributed by atoms with Crippen molar-refractivity contribution in [3.8, 4) is 61.7 Å². The number of ketones is 1.